The van der Waals surface area contributed by atoms with Crippen molar-refractivity contribution in [3.05, 3.63) is 113 Å². The number of carboxylic acids is 1. The van der Waals surface area contributed by atoms with Gasteiger partial charge in [-0.25, -0.2) is 4.79 Å². The average Bonchev–Trinajstić information content (AvgIpc) is 3.08. The summed E-state index contributed by atoms with van der Waals surface area (Å²) >= 11 is 0. The molecular formula is C32H37BO4. The first-order valence-electron chi connectivity index (χ1n) is 12.7. The van der Waals surface area contributed by atoms with E-state index in [9.17, 15) is 4.79 Å². The number of carboxylic acid groups (broad SMARTS) is 1. The zero-order chi connectivity index (χ0) is 27.2. The molecule has 0 unspecified atom stereocenters. The molecule has 192 valence electrons. The SMILES string of the molecule is C=C(/C=C\C=C/C)/C(CC)=C(\c1ccc(/C=C/C(=O)O)cc1)c1ccc(B2OC(C)(C)C(C)(C)O2)cc1. The fourth-order valence-electron chi connectivity index (χ4n) is 4.18. The van der Waals surface area contributed by atoms with Crippen LogP contribution in [0.3, 0.4) is 0 Å². The predicted octanol–water partition coefficient (Wildman–Crippen LogP) is 6.98. The number of carbonyl (C=O) groups is 1. The summed E-state index contributed by atoms with van der Waals surface area (Å²) in [7, 11) is -0.420. The summed E-state index contributed by atoms with van der Waals surface area (Å²) in [5.41, 5.74) is 6.27. The van der Waals surface area contributed by atoms with Crippen LogP contribution >= 0.6 is 0 Å². The van der Waals surface area contributed by atoms with E-state index in [1.165, 1.54) is 0 Å². The molecule has 0 saturated carbocycles. The molecule has 37 heavy (non-hydrogen) atoms. The Morgan fingerprint density at radius 2 is 1.46 bits per heavy atom. The van der Waals surface area contributed by atoms with Gasteiger partial charge >= 0.3 is 13.1 Å². The first-order chi connectivity index (χ1) is 17.5. The highest BCUT2D eigenvalue weighted by Crippen LogP contribution is 2.37. The summed E-state index contributed by atoms with van der Waals surface area (Å²) in [5.74, 6) is -0.968. The molecule has 1 heterocycles. The molecule has 0 spiro atoms. The fourth-order valence-corrected chi connectivity index (χ4v) is 4.18. The molecule has 0 bridgehead atoms. The van der Waals surface area contributed by atoms with E-state index in [0.717, 1.165) is 51.4 Å². The summed E-state index contributed by atoms with van der Waals surface area (Å²) in [6.45, 7) is 16.7. The minimum atomic E-state index is -0.968. The standard InChI is InChI=1S/C32H37BO4/c1-8-10-11-12-23(3)28(9-2)30(25-16-13-24(14-17-25)15-22-29(34)35)26-18-20-27(21-19-26)33-36-31(4,5)32(6,7)37-33/h8,10-22H,3,9H2,1-2,4-7H3,(H,34,35)/b10-8-,12-11-,22-15+,30-28+. The smallest absolute Gasteiger partial charge is 0.478 e. The molecule has 0 radical (unpaired) electrons. The van der Waals surface area contributed by atoms with E-state index >= 15 is 0 Å². The lowest BCUT2D eigenvalue weighted by Crippen LogP contribution is -2.41. The number of aliphatic carboxylic acids is 1. The molecule has 1 N–H and O–H groups in total. The van der Waals surface area contributed by atoms with E-state index in [-0.39, 0.29) is 0 Å². The van der Waals surface area contributed by atoms with Crippen LogP contribution in [0.15, 0.2) is 96.6 Å². The minimum Gasteiger partial charge on any atom is -0.478 e. The summed E-state index contributed by atoms with van der Waals surface area (Å²) in [6.07, 6.45) is 11.5. The molecule has 2 aromatic carbocycles. The maximum absolute atomic E-state index is 10.9. The van der Waals surface area contributed by atoms with Crippen molar-refractivity contribution in [2.45, 2.75) is 59.2 Å². The lowest BCUT2D eigenvalue weighted by Gasteiger charge is -2.32. The fraction of sp³-hybridized carbons (Fsp3) is 0.281. The van der Waals surface area contributed by atoms with Gasteiger partial charge in [-0.2, -0.15) is 0 Å². The second-order valence-corrected chi connectivity index (χ2v) is 10.1. The Morgan fingerprint density at radius 3 is 1.95 bits per heavy atom. The second-order valence-electron chi connectivity index (χ2n) is 10.1. The number of hydrogen-bond acceptors (Lipinski definition) is 3. The molecule has 2 aromatic rings. The molecule has 1 saturated heterocycles. The molecule has 1 aliphatic rings. The van der Waals surface area contributed by atoms with Crippen LogP contribution in [-0.4, -0.2) is 29.4 Å². The van der Waals surface area contributed by atoms with Crippen LogP contribution in [0.5, 0.6) is 0 Å². The molecule has 1 fully saturated rings. The van der Waals surface area contributed by atoms with Crippen molar-refractivity contribution in [2.24, 2.45) is 0 Å². The van der Waals surface area contributed by atoms with E-state index < -0.39 is 24.3 Å². The zero-order valence-corrected chi connectivity index (χ0v) is 22.7. The monoisotopic (exact) mass is 496 g/mol. The van der Waals surface area contributed by atoms with E-state index in [1.54, 1.807) is 6.08 Å². The van der Waals surface area contributed by atoms with Crippen LogP contribution in [0.25, 0.3) is 11.6 Å². The molecular weight excluding hydrogens is 459 g/mol. The van der Waals surface area contributed by atoms with Crippen LogP contribution in [0, 0.1) is 0 Å². The van der Waals surface area contributed by atoms with Gasteiger partial charge in [-0.15, -0.1) is 0 Å². The summed E-state index contributed by atoms with van der Waals surface area (Å²) in [4.78, 5) is 10.9. The first kappa shape index (κ1) is 28.2. The van der Waals surface area contributed by atoms with Gasteiger partial charge in [0.05, 0.1) is 11.2 Å². The first-order valence-corrected chi connectivity index (χ1v) is 12.7. The summed E-state index contributed by atoms with van der Waals surface area (Å²) in [5, 5.41) is 8.95. The third-order valence-corrected chi connectivity index (χ3v) is 6.99. The third-order valence-electron chi connectivity index (χ3n) is 6.99. The number of allylic oxidation sites excluding steroid dienone is 6. The van der Waals surface area contributed by atoms with Gasteiger partial charge in [0.2, 0.25) is 0 Å². The van der Waals surface area contributed by atoms with E-state index in [1.807, 2.05) is 55.5 Å². The lowest BCUT2D eigenvalue weighted by molar-refractivity contribution is -0.131. The van der Waals surface area contributed by atoms with Gasteiger partial charge < -0.3 is 14.4 Å². The highest BCUT2D eigenvalue weighted by atomic mass is 16.7. The molecule has 5 heteroatoms. The van der Waals surface area contributed by atoms with Crippen LogP contribution < -0.4 is 5.46 Å². The Kier molecular flexibility index (Phi) is 8.96. The number of rotatable bonds is 9. The Balaban J connectivity index is 2.05. The van der Waals surface area contributed by atoms with Crippen LogP contribution in [-0.2, 0) is 14.1 Å². The normalized spacial score (nSPS) is 17.6. The highest BCUT2D eigenvalue weighted by molar-refractivity contribution is 6.62. The Labute approximate surface area is 221 Å². The second kappa shape index (κ2) is 11.8. The van der Waals surface area contributed by atoms with Crippen molar-refractivity contribution < 1.29 is 19.2 Å². The van der Waals surface area contributed by atoms with Crippen molar-refractivity contribution >= 4 is 30.2 Å². The van der Waals surface area contributed by atoms with E-state index in [2.05, 4.69) is 65.5 Å². The molecule has 0 aliphatic carbocycles. The number of hydrogen-bond donors (Lipinski definition) is 1. The molecule has 4 nitrogen and oxygen atoms in total. The van der Waals surface area contributed by atoms with Gasteiger partial charge in [0.1, 0.15) is 0 Å². The number of benzene rings is 2. The van der Waals surface area contributed by atoms with Crippen molar-refractivity contribution in [3.8, 4) is 0 Å². The molecule has 1 aliphatic heterocycles. The van der Waals surface area contributed by atoms with Crippen molar-refractivity contribution in [1.82, 2.24) is 0 Å². The van der Waals surface area contributed by atoms with E-state index in [0.29, 0.717) is 0 Å². The van der Waals surface area contributed by atoms with E-state index in [4.69, 9.17) is 14.4 Å². The summed E-state index contributed by atoms with van der Waals surface area (Å²) in [6, 6.07) is 16.2. The van der Waals surface area contributed by atoms with Crippen LogP contribution in [0.4, 0.5) is 0 Å². The molecule has 0 atom stereocenters. The largest absolute Gasteiger partial charge is 0.494 e. The van der Waals surface area contributed by atoms with Gasteiger partial charge in [0, 0.05) is 6.08 Å². The zero-order valence-electron chi connectivity index (χ0n) is 22.7. The lowest BCUT2D eigenvalue weighted by atomic mass is 9.78. The van der Waals surface area contributed by atoms with Crippen LogP contribution in [0.2, 0.25) is 0 Å². The van der Waals surface area contributed by atoms with Gasteiger partial charge in [0.25, 0.3) is 0 Å². The average molecular weight is 496 g/mol. The quantitative estimate of drug-likeness (QED) is 0.231. The van der Waals surface area contributed by atoms with Gasteiger partial charge in [-0.1, -0.05) is 86.3 Å². The Hall–Kier alpha value is -3.41. The van der Waals surface area contributed by atoms with Gasteiger partial charge in [-0.05, 0) is 86.0 Å². The highest BCUT2D eigenvalue weighted by Gasteiger charge is 2.51. The topological polar surface area (TPSA) is 55.8 Å². The van der Waals surface area contributed by atoms with Crippen molar-refractivity contribution in [1.29, 1.82) is 0 Å². The maximum atomic E-state index is 10.9. The molecule has 3 rings (SSSR count). The van der Waals surface area contributed by atoms with Crippen molar-refractivity contribution in [2.75, 3.05) is 0 Å². The molecule has 0 amide bonds. The molecule has 0 aromatic heterocycles. The van der Waals surface area contributed by atoms with Gasteiger partial charge in [0.15, 0.2) is 0 Å². The maximum Gasteiger partial charge on any atom is 0.494 e. The summed E-state index contributed by atoms with van der Waals surface area (Å²) < 4.78 is 12.5. The van der Waals surface area contributed by atoms with Crippen LogP contribution in [0.1, 0.15) is 64.7 Å². The Bertz CT molecular complexity index is 1230. The minimum absolute atomic E-state index is 0.398. The third kappa shape index (κ3) is 6.68. The predicted molar refractivity (Wildman–Crippen MR) is 155 cm³/mol. The van der Waals surface area contributed by atoms with Gasteiger partial charge in [-0.3, -0.25) is 0 Å². The van der Waals surface area contributed by atoms with Crippen molar-refractivity contribution in [3.63, 3.8) is 0 Å². The Morgan fingerprint density at radius 1 is 0.919 bits per heavy atom.